The first-order chi connectivity index (χ1) is 14.6. The number of benzene rings is 1. The molecule has 5 N–H and O–H groups in total. The molecule has 1 aromatic carbocycles. The highest BCUT2D eigenvalue weighted by atomic mass is 32.1. The second-order valence-corrected chi connectivity index (χ2v) is 8.58. The zero-order chi connectivity index (χ0) is 20.4. The molecule has 4 heterocycles. The number of H-pyrrole nitrogens is 1. The van der Waals surface area contributed by atoms with Crippen molar-refractivity contribution in [1.82, 2.24) is 29.7 Å². The average molecular weight is 420 g/mol. The Kier molecular flexibility index (Phi) is 3.60. The molecule has 1 unspecified atom stereocenters. The van der Waals surface area contributed by atoms with Gasteiger partial charge in [-0.15, -0.1) is 11.3 Å². The van der Waals surface area contributed by atoms with Gasteiger partial charge in [-0.1, -0.05) is 0 Å². The summed E-state index contributed by atoms with van der Waals surface area (Å²) in [7, 11) is 0. The van der Waals surface area contributed by atoms with Crippen LogP contribution < -0.4 is 11.5 Å². The number of fused-ring (bicyclic) bond motifs is 3. The lowest BCUT2D eigenvalue weighted by Crippen LogP contribution is -2.19. The Balaban J connectivity index is 1.54. The van der Waals surface area contributed by atoms with Crippen LogP contribution in [0.25, 0.3) is 33.2 Å². The van der Waals surface area contributed by atoms with Gasteiger partial charge >= 0.3 is 0 Å². The highest BCUT2D eigenvalue weighted by Crippen LogP contribution is 2.38. The average Bonchev–Trinajstić information content (AvgIpc) is 3.43. The highest BCUT2D eigenvalue weighted by Gasteiger charge is 2.28. The van der Waals surface area contributed by atoms with Gasteiger partial charge in [-0.3, -0.25) is 0 Å². The zero-order valence-corrected chi connectivity index (χ0v) is 16.6. The van der Waals surface area contributed by atoms with Crippen molar-refractivity contribution in [2.24, 2.45) is 0 Å². The molecule has 5 aromatic rings. The van der Waals surface area contributed by atoms with Crippen LogP contribution in [0.4, 0.5) is 15.3 Å². The van der Waals surface area contributed by atoms with E-state index in [0.717, 1.165) is 30.3 Å². The maximum atomic E-state index is 14.6. The normalized spacial score (nSPS) is 16.4. The van der Waals surface area contributed by atoms with E-state index in [2.05, 4.69) is 19.9 Å². The first kappa shape index (κ1) is 17.3. The maximum Gasteiger partial charge on any atom is 0.180 e. The summed E-state index contributed by atoms with van der Waals surface area (Å²) < 4.78 is 16.6. The van der Waals surface area contributed by atoms with Crippen molar-refractivity contribution in [2.75, 3.05) is 11.5 Å². The van der Waals surface area contributed by atoms with Crippen LogP contribution in [0.2, 0.25) is 0 Å². The third-order valence-electron chi connectivity index (χ3n) is 5.68. The summed E-state index contributed by atoms with van der Waals surface area (Å²) in [5, 5.41) is 6.87. The second kappa shape index (κ2) is 6.23. The van der Waals surface area contributed by atoms with Crippen LogP contribution >= 0.6 is 11.3 Å². The number of rotatable bonds is 2. The number of aromatic nitrogens is 6. The molecule has 10 heteroatoms. The lowest BCUT2D eigenvalue weighted by Gasteiger charge is -2.21. The molecular weight excluding hydrogens is 403 g/mol. The van der Waals surface area contributed by atoms with Crippen molar-refractivity contribution in [3.8, 4) is 11.3 Å². The van der Waals surface area contributed by atoms with E-state index in [0.29, 0.717) is 38.8 Å². The third-order valence-corrected chi connectivity index (χ3v) is 6.63. The standard InChI is InChI=1S/C20H17FN8S/c21-12-6-10(5-9-3-4-24-16(9)12)17-15-18(22)25-8-26-19(15)29(28-17)11-1-2-13-14(7-11)30-20(23)27-13/h3-6,8,11,24H,1-2,7H2,(H2,23,27)(H2,22,25,26). The van der Waals surface area contributed by atoms with Gasteiger partial charge in [-0.25, -0.2) is 24.0 Å². The molecule has 1 aliphatic rings. The Hall–Kier alpha value is -3.53. The SMILES string of the molecule is Nc1nc2c(s1)CC(n1nc(-c3cc(F)c4[nH]ccc4c3)c3c(N)ncnc31)CC2. The quantitative estimate of drug-likeness (QED) is 0.402. The summed E-state index contributed by atoms with van der Waals surface area (Å²) >= 11 is 1.52. The van der Waals surface area contributed by atoms with Gasteiger partial charge in [-0.05, 0) is 31.0 Å². The van der Waals surface area contributed by atoms with Crippen molar-refractivity contribution in [3.63, 3.8) is 0 Å². The molecule has 0 bridgehead atoms. The van der Waals surface area contributed by atoms with Gasteiger partial charge in [0.25, 0.3) is 0 Å². The van der Waals surface area contributed by atoms with E-state index in [9.17, 15) is 4.39 Å². The van der Waals surface area contributed by atoms with Gasteiger partial charge in [0.05, 0.1) is 22.6 Å². The summed E-state index contributed by atoms with van der Waals surface area (Å²) in [5.74, 6) is -0.0116. The fourth-order valence-corrected chi connectivity index (χ4v) is 5.25. The number of nitrogen functional groups attached to an aromatic ring is 2. The van der Waals surface area contributed by atoms with E-state index in [1.807, 2.05) is 16.8 Å². The topological polar surface area (TPSA) is 124 Å². The number of hydrogen-bond acceptors (Lipinski definition) is 7. The van der Waals surface area contributed by atoms with E-state index in [4.69, 9.17) is 16.6 Å². The summed E-state index contributed by atoms with van der Waals surface area (Å²) in [5.41, 5.74) is 15.5. The Bertz CT molecular complexity index is 1430. The van der Waals surface area contributed by atoms with Crippen LogP contribution in [-0.4, -0.2) is 29.7 Å². The van der Waals surface area contributed by atoms with E-state index in [1.165, 1.54) is 28.6 Å². The number of halogens is 1. The molecule has 0 amide bonds. The van der Waals surface area contributed by atoms with Crippen molar-refractivity contribution >= 4 is 44.2 Å². The molecule has 0 saturated carbocycles. The number of anilines is 2. The van der Waals surface area contributed by atoms with Crippen LogP contribution in [0.5, 0.6) is 0 Å². The van der Waals surface area contributed by atoms with Gasteiger partial charge in [0, 0.05) is 28.4 Å². The molecule has 0 fully saturated rings. The predicted molar refractivity (Wildman–Crippen MR) is 115 cm³/mol. The van der Waals surface area contributed by atoms with Gasteiger partial charge in [0.2, 0.25) is 0 Å². The minimum Gasteiger partial charge on any atom is -0.383 e. The Morgan fingerprint density at radius 1 is 1.23 bits per heavy atom. The molecule has 0 saturated heterocycles. The van der Waals surface area contributed by atoms with Crippen molar-refractivity contribution in [1.29, 1.82) is 0 Å². The number of nitrogens with one attached hydrogen (secondary N) is 1. The number of thiazole rings is 1. The van der Waals surface area contributed by atoms with Gasteiger partial charge in [-0.2, -0.15) is 5.10 Å². The molecular formula is C20H17FN8S. The molecule has 6 rings (SSSR count). The maximum absolute atomic E-state index is 14.6. The van der Waals surface area contributed by atoms with E-state index >= 15 is 0 Å². The minimum atomic E-state index is -0.340. The number of nitrogens with two attached hydrogens (primary N) is 2. The molecule has 0 radical (unpaired) electrons. The Morgan fingerprint density at radius 3 is 3.03 bits per heavy atom. The summed E-state index contributed by atoms with van der Waals surface area (Å²) in [6.07, 6.45) is 5.62. The van der Waals surface area contributed by atoms with Gasteiger partial charge < -0.3 is 16.5 Å². The van der Waals surface area contributed by atoms with Crippen molar-refractivity contribution in [2.45, 2.75) is 25.3 Å². The van der Waals surface area contributed by atoms with Crippen LogP contribution in [0, 0.1) is 5.82 Å². The molecule has 0 spiro atoms. The van der Waals surface area contributed by atoms with Crippen molar-refractivity contribution in [3.05, 3.63) is 47.1 Å². The molecule has 30 heavy (non-hydrogen) atoms. The summed E-state index contributed by atoms with van der Waals surface area (Å²) in [6.45, 7) is 0. The molecule has 8 nitrogen and oxygen atoms in total. The van der Waals surface area contributed by atoms with E-state index < -0.39 is 0 Å². The van der Waals surface area contributed by atoms with E-state index in [-0.39, 0.29) is 11.9 Å². The van der Waals surface area contributed by atoms with E-state index in [1.54, 1.807) is 6.20 Å². The Morgan fingerprint density at radius 2 is 2.13 bits per heavy atom. The molecule has 150 valence electrons. The van der Waals surface area contributed by atoms with Gasteiger partial charge in [0.15, 0.2) is 10.8 Å². The number of aryl methyl sites for hydroxylation is 1. The highest BCUT2D eigenvalue weighted by molar-refractivity contribution is 7.15. The molecule has 4 aromatic heterocycles. The predicted octanol–water partition coefficient (Wildman–Crippen LogP) is 3.46. The van der Waals surface area contributed by atoms with Gasteiger partial charge in [0.1, 0.15) is 23.7 Å². The molecule has 0 aliphatic heterocycles. The lowest BCUT2D eigenvalue weighted by atomic mass is 9.98. The smallest absolute Gasteiger partial charge is 0.180 e. The van der Waals surface area contributed by atoms with Crippen LogP contribution in [-0.2, 0) is 12.8 Å². The number of nitrogens with zero attached hydrogens (tertiary/aromatic N) is 5. The minimum absolute atomic E-state index is 0.0868. The zero-order valence-electron chi connectivity index (χ0n) is 15.8. The van der Waals surface area contributed by atoms with Crippen LogP contribution in [0.3, 0.4) is 0 Å². The lowest BCUT2D eigenvalue weighted by molar-refractivity contribution is 0.416. The Labute approximate surface area is 173 Å². The first-order valence-electron chi connectivity index (χ1n) is 9.58. The second-order valence-electron chi connectivity index (χ2n) is 7.47. The fraction of sp³-hybridized carbons (Fsp3) is 0.200. The molecule has 1 atom stereocenters. The summed E-state index contributed by atoms with van der Waals surface area (Å²) in [4.78, 5) is 17.1. The first-order valence-corrected chi connectivity index (χ1v) is 10.4. The third kappa shape index (κ3) is 2.50. The summed E-state index contributed by atoms with van der Waals surface area (Å²) in [6, 6.07) is 5.29. The van der Waals surface area contributed by atoms with Crippen LogP contribution in [0.15, 0.2) is 30.7 Å². The fourth-order valence-electron chi connectivity index (χ4n) is 4.30. The van der Waals surface area contributed by atoms with Crippen LogP contribution in [0.1, 0.15) is 23.0 Å². The number of hydrogen-bond donors (Lipinski definition) is 3. The largest absolute Gasteiger partial charge is 0.383 e. The van der Waals surface area contributed by atoms with Crippen molar-refractivity contribution < 1.29 is 4.39 Å². The molecule has 1 aliphatic carbocycles. The number of aromatic amines is 1. The monoisotopic (exact) mass is 420 g/mol.